The highest BCUT2D eigenvalue weighted by atomic mass is 14.8. The molecule has 1 nitrogen and oxygen atoms in total. The molecule has 1 heteroatoms. The van der Waals surface area contributed by atoms with Gasteiger partial charge in [0.25, 0.3) is 0 Å². The van der Waals surface area contributed by atoms with Crippen molar-refractivity contribution in [1.29, 1.82) is 0 Å². The highest BCUT2D eigenvalue weighted by Gasteiger charge is 1.97. The van der Waals surface area contributed by atoms with Gasteiger partial charge in [-0.2, -0.15) is 0 Å². The quantitative estimate of drug-likeness (QED) is 0.544. The summed E-state index contributed by atoms with van der Waals surface area (Å²) in [4.78, 5) is 0. The molecule has 0 atom stereocenters. The van der Waals surface area contributed by atoms with Crippen LogP contribution in [0.4, 0.5) is 0 Å². The third-order valence-electron chi connectivity index (χ3n) is 2.66. The first kappa shape index (κ1) is 13.0. The highest BCUT2D eigenvalue weighted by molar-refractivity contribution is 5.24. The van der Waals surface area contributed by atoms with Gasteiger partial charge in [-0.1, -0.05) is 48.9 Å². The molecule has 1 rings (SSSR count). The van der Waals surface area contributed by atoms with Crippen molar-refractivity contribution >= 4 is 0 Å². The largest absolute Gasteiger partial charge is 0.316 e. The minimum Gasteiger partial charge on any atom is -0.316 e. The lowest BCUT2D eigenvalue weighted by molar-refractivity contribution is 0.665. The van der Waals surface area contributed by atoms with Crippen molar-refractivity contribution in [3.05, 3.63) is 47.5 Å². The van der Waals surface area contributed by atoms with Crippen LogP contribution in [0, 0.1) is 6.92 Å². The van der Waals surface area contributed by atoms with Crippen LogP contribution in [0.1, 0.15) is 30.9 Å². The molecule has 0 saturated heterocycles. The van der Waals surface area contributed by atoms with Crippen LogP contribution in [0.5, 0.6) is 0 Å². The van der Waals surface area contributed by atoms with Crippen molar-refractivity contribution in [2.75, 3.05) is 13.1 Å². The van der Waals surface area contributed by atoms with E-state index in [0.29, 0.717) is 0 Å². The van der Waals surface area contributed by atoms with Gasteiger partial charge in [-0.05, 0) is 44.8 Å². The van der Waals surface area contributed by atoms with E-state index in [2.05, 4.69) is 50.0 Å². The first-order chi connectivity index (χ1) is 7.72. The molecule has 0 spiro atoms. The Bertz CT molecular complexity index is 311. The molecule has 1 N–H and O–H groups in total. The Morgan fingerprint density at radius 2 is 1.88 bits per heavy atom. The van der Waals surface area contributed by atoms with E-state index in [9.17, 15) is 0 Å². The lowest BCUT2D eigenvalue weighted by atomic mass is 10.0. The smallest absolute Gasteiger partial charge is 0.00116 e. The van der Waals surface area contributed by atoms with Gasteiger partial charge in [0.05, 0.1) is 0 Å². The molecule has 0 aliphatic rings. The van der Waals surface area contributed by atoms with Crippen molar-refractivity contribution in [2.24, 2.45) is 0 Å². The molecule has 1 aromatic rings. The van der Waals surface area contributed by atoms with E-state index in [1.807, 2.05) is 0 Å². The average molecular weight is 217 g/mol. The predicted molar refractivity (Wildman–Crippen MR) is 71.8 cm³/mol. The Balaban J connectivity index is 2.26. The van der Waals surface area contributed by atoms with Crippen LogP contribution in [-0.2, 0) is 6.42 Å². The maximum absolute atomic E-state index is 4.13. The zero-order valence-electron chi connectivity index (χ0n) is 10.6. The summed E-state index contributed by atoms with van der Waals surface area (Å²) in [6.07, 6.45) is 3.28. The molecular weight excluding hydrogens is 194 g/mol. The molecule has 0 radical (unpaired) electrons. The first-order valence-electron chi connectivity index (χ1n) is 6.15. The fourth-order valence-electron chi connectivity index (χ4n) is 1.65. The number of rotatable bonds is 7. The normalized spacial score (nSPS) is 10.4. The number of hydrogen-bond acceptors (Lipinski definition) is 1. The predicted octanol–water partition coefficient (Wildman–Crippen LogP) is 3.48. The summed E-state index contributed by atoms with van der Waals surface area (Å²) in [6, 6.07) is 8.72. The molecule has 0 fully saturated rings. The van der Waals surface area contributed by atoms with Gasteiger partial charge in [0, 0.05) is 0 Å². The van der Waals surface area contributed by atoms with Crippen molar-refractivity contribution in [3.63, 3.8) is 0 Å². The van der Waals surface area contributed by atoms with E-state index >= 15 is 0 Å². The zero-order chi connectivity index (χ0) is 11.8. The fourth-order valence-corrected chi connectivity index (χ4v) is 1.65. The lowest BCUT2D eigenvalue weighted by Gasteiger charge is -2.07. The third-order valence-corrected chi connectivity index (χ3v) is 2.66. The maximum Gasteiger partial charge on any atom is -0.00116 e. The minimum atomic E-state index is 1.01. The molecule has 1 aromatic carbocycles. The molecule has 0 unspecified atom stereocenters. The fraction of sp³-hybridized carbons (Fsp3) is 0.467. The minimum absolute atomic E-state index is 1.01. The van der Waals surface area contributed by atoms with Gasteiger partial charge in [-0.25, -0.2) is 0 Å². The summed E-state index contributed by atoms with van der Waals surface area (Å²) in [5.41, 5.74) is 4.00. The van der Waals surface area contributed by atoms with Crippen molar-refractivity contribution in [2.45, 2.75) is 33.1 Å². The Kier molecular flexibility index (Phi) is 5.87. The van der Waals surface area contributed by atoms with Crippen LogP contribution in [0.3, 0.4) is 0 Å². The van der Waals surface area contributed by atoms with E-state index in [4.69, 9.17) is 0 Å². The van der Waals surface area contributed by atoms with Crippen LogP contribution in [0.15, 0.2) is 36.4 Å². The van der Waals surface area contributed by atoms with Crippen LogP contribution in [0.2, 0.25) is 0 Å². The van der Waals surface area contributed by atoms with Crippen LogP contribution in [0.25, 0.3) is 0 Å². The Morgan fingerprint density at radius 3 is 2.50 bits per heavy atom. The number of hydrogen-bond donors (Lipinski definition) is 1. The van der Waals surface area contributed by atoms with Gasteiger partial charge >= 0.3 is 0 Å². The number of aryl methyl sites for hydroxylation is 1. The molecule has 0 amide bonds. The molecule has 0 saturated carbocycles. The third kappa shape index (κ3) is 5.13. The van der Waals surface area contributed by atoms with Gasteiger partial charge in [-0.3, -0.25) is 0 Å². The van der Waals surface area contributed by atoms with E-state index < -0.39 is 0 Å². The second-order valence-corrected chi connectivity index (χ2v) is 4.41. The van der Waals surface area contributed by atoms with Gasteiger partial charge in [0.2, 0.25) is 0 Å². The van der Waals surface area contributed by atoms with Crippen molar-refractivity contribution in [1.82, 2.24) is 5.32 Å². The molecule has 0 aliphatic carbocycles. The Labute approximate surface area is 99.6 Å². The highest BCUT2D eigenvalue weighted by Crippen LogP contribution is 2.10. The molecule has 88 valence electrons. The maximum atomic E-state index is 4.13. The second-order valence-electron chi connectivity index (χ2n) is 4.41. The summed E-state index contributed by atoms with van der Waals surface area (Å²) < 4.78 is 0. The number of benzene rings is 1. The molecule has 0 heterocycles. The zero-order valence-corrected chi connectivity index (χ0v) is 10.6. The second kappa shape index (κ2) is 7.24. The molecule has 0 bridgehead atoms. The van der Waals surface area contributed by atoms with Gasteiger partial charge in [0.15, 0.2) is 0 Å². The topological polar surface area (TPSA) is 12.0 Å². The molecule has 16 heavy (non-hydrogen) atoms. The van der Waals surface area contributed by atoms with Gasteiger partial charge in [0.1, 0.15) is 0 Å². The van der Waals surface area contributed by atoms with Crippen LogP contribution >= 0.6 is 0 Å². The first-order valence-corrected chi connectivity index (χ1v) is 6.15. The summed E-state index contributed by atoms with van der Waals surface area (Å²) in [5.74, 6) is 0. The summed E-state index contributed by atoms with van der Waals surface area (Å²) >= 11 is 0. The summed E-state index contributed by atoms with van der Waals surface area (Å²) in [7, 11) is 0. The molecule has 0 aromatic heterocycles. The number of nitrogens with one attached hydrogen (secondary N) is 1. The van der Waals surface area contributed by atoms with Crippen LogP contribution < -0.4 is 5.32 Å². The summed E-state index contributed by atoms with van der Waals surface area (Å²) in [5, 5.41) is 3.40. The lowest BCUT2D eigenvalue weighted by Crippen LogP contribution is -2.16. The van der Waals surface area contributed by atoms with Gasteiger partial charge < -0.3 is 5.32 Å². The Morgan fingerprint density at radius 1 is 1.19 bits per heavy atom. The monoisotopic (exact) mass is 217 g/mol. The summed E-state index contributed by atoms with van der Waals surface area (Å²) in [6.45, 7) is 10.6. The Hall–Kier alpha value is -1.08. The van der Waals surface area contributed by atoms with Gasteiger partial charge in [-0.15, -0.1) is 0 Å². The van der Waals surface area contributed by atoms with E-state index in [-0.39, 0.29) is 0 Å². The SMILES string of the molecule is C=C(CCNCCC)Cc1ccc(C)cc1. The average Bonchev–Trinajstić information content (AvgIpc) is 2.28. The van der Waals surface area contributed by atoms with Crippen molar-refractivity contribution in [3.8, 4) is 0 Å². The molecular formula is C15H23N. The van der Waals surface area contributed by atoms with E-state index in [1.54, 1.807) is 0 Å². The van der Waals surface area contributed by atoms with Crippen LogP contribution in [-0.4, -0.2) is 13.1 Å². The molecule has 0 aliphatic heterocycles. The standard InChI is InChI=1S/C15H23N/c1-4-10-16-11-9-14(3)12-15-7-5-13(2)6-8-15/h5-8,16H,3-4,9-12H2,1-2H3. The van der Waals surface area contributed by atoms with E-state index in [0.717, 1.165) is 25.9 Å². The van der Waals surface area contributed by atoms with Crippen molar-refractivity contribution < 1.29 is 0 Å². The van der Waals surface area contributed by atoms with E-state index in [1.165, 1.54) is 23.1 Å².